The van der Waals surface area contributed by atoms with Crippen LogP contribution in [0.3, 0.4) is 0 Å². The van der Waals surface area contributed by atoms with Crippen molar-refractivity contribution in [2.45, 2.75) is 26.2 Å². The third kappa shape index (κ3) is 2.54. The van der Waals surface area contributed by atoms with E-state index >= 15 is 0 Å². The summed E-state index contributed by atoms with van der Waals surface area (Å²) in [5.41, 5.74) is 8.89. The summed E-state index contributed by atoms with van der Waals surface area (Å²) in [5.74, 6) is -2.53. The predicted molar refractivity (Wildman–Crippen MR) is 86.5 cm³/mol. The monoisotopic (exact) mass is 344 g/mol. The van der Waals surface area contributed by atoms with E-state index in [9.17, 15) is 19.6 Å². The van der Waals surface area contributed by atoms with Crippen LogP contribution in [-0.2, 0) is 9.59 Å². The van der Waals surface area contributed by atoms with E-state index in [1.165, 1.54) is 0 Å². The molecule has 1 saturated heterocycles. The van der Waals surface area contributed by atoms with E-state index in [4.69, 9.17) is 10.8 Å². The molecule has 9 nitrogen and oxygen atoms in total. The number of amides is 3. The molecule has 1 aliphatic rings. The molecule has 3 amide bonds. The van der Waals surface area contributed by atoms with Gasteiger partial charge >= 0.3 is 6.09 Å². The molecule has 130 valence electrons. The molecule has 1 aromatic carbocycles. The average molecular weight is 344 g/mol. The summed E-state index contributed by atoms with van der Waals surface area (Å²) in [6, 6.07) is 5.22. The lowest BCUT2D eigenvalue weighted by Crippen LogP contribution is -2.47. The number of hydrogen-bond acceptors (Lipinski definition) is 6. The normalized spacial score (nSPS) is 17.4. The first kappa shape index (κ1) is 16.7. The molecule has 3 rings (SSSR count). The molecule has 0 saturated carbocycles. The molecule has 1 aromatic heterocycles. The van der Waals surface area contributed by atoms with Crippen molar-refractivity contribution in [2.24, 2.45) is 0 Å². The summed E-state index contributed by atoms with van der Waals surface area (Å²) in [5, 5.41) is 18.9. The number of hydrazine groups is 1. The highest BCUT2D eigenvalue weighted by Gasteiger charge is 2.45. The molecule has 1 fully saturated rings. The Kier molecular flexibility index (Phi) is 3.80. The molecule has 25 heavy (non-hydrogen) atoms. The zero-order valence-electron chi connectivity index (χ0n) is 13.6. The van der Waals surface area contributed by atoms with Crippen LogP contribution in [0.1, 0.15) is 29.2 Å². The standard InChI is InChI=1S/C16H16N4O5/c1-7-10-5-9(17)3-4-12(10)18-8(2)14(7)11-6-13(21)19(15(11)22)20(25)16(23)24/h3-5,11,25H,6,17H2,1-2H3,(H,23,24). The van der Waals surface area contributed by atoms with E-state index in [0.717, 1.165) is 10.9 Å². The van der Waals surface area contributed by atoms with Crippen LogP contribution >= 0.6 is 0 Å². The minimum atomic E-state index is -1.82. The topological polar surface area (TPSA) is 137 Å². The number of hydrogen-bond donors (Lipinski definition) is 3. The Morgan fingerprint density at radius 1 is 1.36 bits per heavy atom. The SMILES string of the molecule is Cc1nc2ccc(N)cc2c(C)c1C1CC(=O)N(N(O)C(=O)O)C1=O. The Morgan fingerprint density at radius 3 is 2.68 bits per heavy atom. The molecule has 4 N–H and O–H groups in total. The highest BCUT2D eigenvalue weighted by molar-refractivity contribution is 6.07. The lowest BCUT2D eigenvalue weighted by atomic mass is 9.90. The molecular formula is C16H16N4O5. The van der Waals surface area contributed by atoms with E-state index in [1.807, 2.05) is 0 Å². The summed E-state index contributed by atoms with van der Waals surface area (Å²) < 4.78 is 0. The second kappa shape index (κ2) is 5.71. The number of benzene rings is 1. The largest absolute Gasteiger partial charge is 0.462 e. The molecule has 1 atom stereocenters. The van der Waals surface area contributed by atoms with Crippen molar-refractivity contribution >= 4 is 34.5 Å². The zero-order valence-corrected chi connectivity index (χ0v) is 13.6. The smallest absolute Gasteiger partial charge is 0.452 e. The number of carbonyl (C=O) groups is 3. The van der Waals surface area contributed by atoms with Gasteiger partial charge in [0.1, 0.15) is 0 Å². The van der Waals surface area contributed by atoms with E-state index < -0.39 is 23.8 Å². The van der Waals surface area contributed by atoms with Gasteiger partial charge in [-0.05, 0) is 43.2 Å². The van der Waals surface area contributed by atoms with Crippen molar-refractivity contribution in [3.05, 3.63) is 35.0 Å². The van der Waals surface area contributed by atoms with Gasteiger partial charge in [0.15, 0.2) is 0 Å². The predicted octanol–water partition coefficient (Wildman–Crippen LogP) is 1.56. The molecule has 2 heterocycles. The summed E-state index contributed by atoms with van der Waals surface area (Å²) >= 11 is 0. The van der Waals surface area contributed by atoms with Crippen LogP contribution in [0.15, 0.2) is 18.2 Å². The lowest BCUT2D eigenvalue weighted by molar-refractivity contribution is -0.209. The number of nitrogen functional groups attached to an aromatic ring is 1. The van der Waals surface area contributed by atoms with Gasteiger partial charge in [0.05, 0.1) is 11.4 Å². The van der Waals surface area contributed by atoms with Crippen LogP contribution < -0.4 is 5.73 Å². The fourth-order valence-corrected chi connectivity index (χ4v) is 3.25. The van der Waals surface area contributed by atoms with E-state index in [0.29, 0.717) is 22.5 Å². The van der Waals surface area contributed by atoms with E-state index in [1.54, 1.807) is 32.0 Å². The number of hydroxylamine groups is 1. The van der Waals surface area contributed by atoms with E-state index in [-0.39, 0.29) is 16.6 Å². The molecule has 0 aliphatic carbocycles. The van der Waals surface area contributed by atoms with Gasteiger partial charge in [-0.2, -0.15) is 5.01 Å². The zero-order chi connectivity index (χ0) is 18.5. The van der Waals surface area contributed by atoms with Gasteiger partial charge in [0, 0.05) is 23.2 Å². The van der Waals surface area contributed by atoms with Gasteiger partial charge in [-0.3, -0.25) is 19.8 Å². The van der Waals surface area contributed by atoms with Crippen molar-refractivity contribution in [1.29, 1.82) is 0 Å². The van der Waals surface area contributed by atoms with Crippen LogP contribution in [0.2, 0.25) is 0 Å². The number of aromatic nitrogens is 1. The molecule has 0 spiro atoms. The maximum atomic E-state index is 12.6. The van der Waals surface area contributed by atoms with Gasteiger partial charge in [0.2, 0.25) is 0 Å². The van der Waals surface area contributed by atoms with Crippen LogP contribution in [0, 0.1) is 13.8 Å². The Morgan fingerprint density at radius 2 is 2.04 bits per heavy atom. The number of imide groups is 1. The van der Waals surface area contributed by atoms with Crippen molar-refractivity contribution in [3.63, 3.8) is 0 Å². The molecule has 0 bridgehead atoms. The fourth-order valence-electron chi connectivity index (χ4n) is 3.25. The average Bonchev–Trinajstić information content (AvgIpc) is 2.82. The Labute approximate surface area is 142 Å². The first-order valence-corrected chi connectivity index (χ1v) is 7.47. The quantitative estimate of drug-likeness (QED) is 0.325. The summed E-state index contributed by atoms with van der Waals surface area (Å²) in [4.78, 5) is 39.9. The molecular weight excluding hydrogens is 328 g/mol. The summed E-state index contributed by atoms with van der Waals surface area (Å²) in [6.07, 6.45) is -2.07. The van der Waals surface area contributed by atoms with Gasteiger partial charge in [0.25, 0.3) is 11.8 Å². The van der Waals surface area contributed by atoms with Gasteiger partial charge < -0.3 is 10.8 Å². The van der Waals surface area contributed by atoms with E-state index in [2.05, 4.69) is 4.98 Å². The number of carbonyl (C=O) groups excluding carboxylic acids is 2. The number of pyridine rings is 1. The fraction of sp³-hybridized carbons (Fsp3) is 0.250. The van der Waals surface area contributed by atoms with Crippen LogP contribution in [0.25, 0.3) is 10.9 Å². The number of nitrogens with two attached hydrogens (primary N) is 1. The molecule has 2 aromatic rings. The summed E-state index contributed by atoms with van der Waals surface area (Å²) in [6.45, 7) is 3.51. The molecule has 1 aliphatic heterocycles. The lowest BCUT2D eigenvalue weighted by Gasteiger charge is -2.21. The van der Waals surface area contributed by atoms with Crippen molar-refractivity contribution < 1.29 is 24.7 Å². The number of anilines is 1. The van der Waals surface area contributed by atoms with Crippen LogP contribution in [0.5, 0.6) is 0 Å². The maximum absolute atomic E-state index is 12.6. The highest BCUT2D eigenvalue weighted by atomic mass is 16.6. The van der Waals surface area contributed by atoms with Crippen LogP contribution in [0.4, 0.5) is 10.5 Å². The highest BCUT2D eigenvalue weighted by Crippen LogP contribution is 2.36. The third-order valence-electron chi connectivity index (χ3n) is 4.34. The first-order valence-electron chi connectivity index (χ1n) is 7.47. The van der Waals surface area contributed by atoms with Gasteiger partial charge in [-0.25, -0.2) is 4.79 Å². The second-order valence-corrected chi connectivity index (χ2v) is 5.88. The van der Waals surface area contributed by atoms with Crippen molar-refractivity contribution in [1.82, 2.24) is 15.2 Å². The third-order valence-corrected chi connectivity index (χ3v) is 4.34. The Balaban J connectivity index is 2.12. The maximum Gasteiger partial charge on any atom is 0.452 e. The van der Waals surface area contributed by atoms with Crippen molar-refractivity contribution in [3.8, 4) is 0 Å². The number of aryl methyl sites for hydroxylation is 2. The van der Waals surface area contributed by atoms with Gasteiger partial charge in [-0.15, -0.1) is 0 Å². The van der Waals surface area contributed by atoms with Crippen molar-refractivity contribution in [2.75, 3.05) is 5.73 Å². The Bertz CT molecular complexity index is 926. The number of rotatable bonds is 2. The number of carboxylic acid groups (broad SMARTS) is 1. The minimum absolute atomic E-state index is 0.232. The number of fused-ring (bicyclic) bond motifs is 1. The summed E-state index contributed by atoms with van der Waals surface area (Å²) in [7, 11) is 0. The minimum Gasteiger partial charge on any atom is -0.462 e. The van der Waals surface area contributed by atoms with Crippen LogP contribution in [-0.4, -0.2) is 43.4 Å². The molecule has 1 unspecified atom stereocenters. The van der Waals surface area contributed by atoms with Gasteiger partial charge in [-0.1, -0.05) is 5.17 Å². The first-order chi connectivity index (χ1) is 11.7. The second-order valence-electron chi connectivity index (χ2n) is 5.88. The Hall–Kier alpha value is -3.20. The molecule has 0 radical (unpaired) electrons. The number of nitrogens with zero attached hydrogens (tertiary/aromatic N) is 3. The molecule has 9 heteroatoms.